The van der Waals surface area contributed by atoms with E-state index in [2.05, 4.69) is 10.6 Å². The summed E-state index contributed by atoms with van der Waals surface area (Å²) < 4.78 is 5.01. The fourth-order valence-corrected chi connectivity index (χ4v) is 1.93. The highest BCUT2D eigenvalue weighted by Crippen LogP contribution is 2.11. The minimum Gasteiger partial charge on any atom is -0.497 e. The van der Waals surface area contributed by atoms with E-state index in [4.69, 9.17) is 10.5 Å². The van der Waals surface area contributed by atoms with Gasteiger partial charge in [0.15, 0.2) is 0 Å². The van der Waals surface area contributed by atoms with Crippen LogP contribution in [0.1, 0.15) is 20.7 Å². The Morgan fingerprint density at radius 3 is 2.08 bits per heavy atom. The molecule has 124 valence electrons. The number of amides is 3. The number of methoxy groups -OCH3 is 1. The number of hydrogen-bond donors (Lipinski definition) is 3. The molecule has 0 aliphatic rings. The monoisotopic (exact) mass is 327 g/mol. The summed E-state index contributed by atoms with van der Waals surface area (Å²) >= 11 is 0. The van der Waals surface area contributed by atoms with E-state index in [-0.39, 0.29) is 18.4 Å². The van der Waals surface area contributed by atoms with Gasteiger partial charge in [0.25, 0.3) is 5.91 Å². The summed E-state index contributed by atoms with van der Waals surface area (Å²) in [5.41, 5.74) is 6.41. The Morgan fingerprint density at radius 2 is 1.54 bits per heavy atom. The van der Waals surface area contributed by atoms with E-state index in [0.29, 0.717) is 22.6 Å². The van der Waals surface area contributed by atoms with E-state index in [0.717, 1.165) is 0 Å². The summed E-state index contributed by atoms with van der Waals surface area (Å²) in [5, 5.41) is 5.13. The van der Waals surface area contributed by atoms with Crippen molar-refractivity contribution in [2.75, 3.05) is 19.0 Å². The molecule has 2 aromatic carbocycles. The van der Waals surface area contributed by atoms with Gasteiger partial charge < -0.3 is 21.1 Å². The van der Waals surface area contributed by atoms with Gasteiger partial charge in [-0.25, -0.2) is 0 Å². The van der Waals surface area contributed by atoms with Crippen LogP contribution in [-0.4, -0.2) is 31.4 Å². The summed E-state index contributed by atoms with van der Waals surface area (Å²) in [6, 6.07) is 12.7. The van der Waals surface area contributed by atoms with Crippen molar-refractivity contribution in [1.29, 1.82) is 0 Å². The first kappa shape index (κ1) is 17.0. The molecule has 0 atom stereocenters. The SMILES string of the molecule is COc1ccc(C(=O)NCC(=O)Nc2ccc(C(N)=O)cc2)cc1. The molecular weight excluding hydrogens is 310 g/mol. The normalized spacial score (nSPS) is 9.88. The van der Waals surface area contributed by atoms with Gasteiger partial charge in [0.1, 0.15) is 5.75 Å². The molecule has 0 aromatic heterocycles. The van der Waals surface area contributed by atoms with Gasteiger partial charge in [0, 0.05) is 16.8 Å². The molecule has 0 aliphatic carbocycles. The van der Waals surface area contributed by atoms with E-state index >= 15 is 0 Å². The molecule has 24 heavy (non-hydrogen) atoms. The highest BCUT2D eigenvalue weighted by molar-refractivity contribution is 5.99. The van der Waals surface area contributed by atoms with Crippen molar-refractivity contribution in [1.82, 2.24) is 5.32 Å². The molecule has 0 heterocycles. The molecule has 3 amide bonds. The highest BCUT2D eigenvalue weighted by Gasteiger charge is 2.09. The van der Waals surface area contributed by atoms with Gasteiger partial charge in [0.05, 0.1) is 13.7 Å². The lowest BCUT2D eigenvalue weighted by Gasteiger charge is -2.08. The minimum atomic E-state index is -0.542. The predicted molar refractivity (Wildman–Crippen MR) is 88.9 cm³/mol. The van der Waals surface area contributed by atoms with Crippen LogP contribution >= 0.6 is 0 Å². The van der Waals surface area contributed by atoms with Gasteiger partial charge >= 0.3 is 0 Å². The second-order valence-corrected chi connectivity index (χ2v) is 4.90. The standard InChI is InChI=1S/C17H17N3O4/c1-24-14-8-4-12(5-9-14)17(23)19-10-15(21)20-13-6-2-11(3-7-13)16(18)22/h2-9H,10H2,1H3,(H2,18,22)(H,19,23)(H,20,21). The molecule has 0 saturated heterocycles. The fraction of sp³-hybridized carbons (Fsp3) is 0.118. The molecule has 2 rings (SSSR count). The summed E-state index contributed by atoms with van der Waals surface area (Å²) in [6.07, 6.45) is 0. The second-order valence-electron chi connectivity index (χ2n) is 4.90. The van der Waals surface area contributed by atoms with Crippen molar-refractivity contribution < 1.29 is 19.1 Å². The van der Waals surface area contributed by atoms with E-state index in [1.807, 2.05) is 0 Å². The number of nitrogens with two attached hydrogens (primary N) is 1. The van der Waals surface area contributed by atoms with Gasteiger partial charge in [-0.1, -0.05) is 0 Å². The first-order valence-electron chi connectivity index (χ1n) is 7.11. The molecule has 0 radical (unpaired) electrons. The van der Waals surface area contributed by atoms with Crippen molar-refractivity contribution >= 4 is 23.4 Å². The third kappa shape index (κ3) is 4.57. The number of hydrogen-bond acceptors (Lipinski definition) is 4. The van der Waals surface area contributed by atoms with Crippen molar-refractivity contribution in [3.05, 3.63) is 59.7 Å². The average molecular weight is 327 g/mol. The highest BCUT2D eigenvalue weighted by atomic mass is 16.5. The maximum Gasteiger partial charge on any atom is 0.251 e. The second kappa shape index (κ2) is 7.77. The quantitative estimate of drug-likeness (QED) is 0.739. The Hall–Kier alpha value is -3.35. The van der Waals surface area contributed by atoms with Crippen molar-refractivity contribution in [3.63, 3.8) is 0 Å². The Balaban J connectivity index is 1.85. The van der Waals surface area contributed by atoms with E-state index in [1.165, 1.54) is 19.2 Å². The number of ether oxygens (including phenoxy) is 1. The van der Waals surface area contributed by atoms with E-state index in [1.54, 1.807) is 36.4 Å². The predicted octanol–water partition coefficient (Wildman–Crippen LogP) is 1.16. The van der Waals surface area contributed by atoms with Gasteiger partial charge in [-0.2, -0.15) is 0 Å². The molecule has 4 N–H and O–H groups in total. The Morgan fingerprint density at radius 1 is 0.958 bits per heavy atom. The Kier molecular flexibility index (Phi) is 5.51. The summed E-state index contributed by atoms with van der Waals surface area (Å²) in [6.45, 7) is -0.178. The third-order valence-electron chi connectivity index (χ3n) is 3.21. The molecule has 0 fully saturated rings. The van der Waals surface area contributed by atoms with E-state index in [9.17, 15) is 14.4 Å². The zero-order valence-corrected chi connectivity index (χ0v) is 13.0. The van der Waals surface area contributed by atoms with Crippen LogP contribution in [-0.2, 0) is 4.79 Å². The topological polar surface area (TPSA) is 111 Å². The lowest BCUT2D eigenvalue weighted by Crippen LogP contribution is -2.32. The van der Waals surface area contributed by atoms with Crippen molar-refractivity contribution in [2.45, 2.75) is 0 Å². The zero-order valence-electron chi connectivity index (χ0n) is 13.0. The third-order valence-corrected chi connectivity index (χ3v) is 3.21. The number of carbonyl (C=O) groups is 3. The van der Waals surface area contributed by atoms with Crippen molar-refractivity contribution in [3.8, 4) is 5.75 Å². The Labute approximate surface area is 138 Å². The molecule has 0 saturated carbocycles. The minimum absolute atomic E-state index is 0.178. The molecule has 2 aromatic rings. The van der Waals surface area contributed by atoms with Gasteiger partial charge in [-0.15, -0.1) is 0 Å². The molecule has 7 heteroatoms. The number of nitrogens with one attached hydrogen (secondary N) is 2. The van der Waals surface area contributed by atoms with Crippen molar-refractivity contribution in [2.24, 2.45) is 5.73 Å². The van der Waals surface area contributed by atoms with Crippen LogP contribution in [0.4, 0.5) is 5.69 Å². The molecule has 7 nitrogen and oxygen atoms in total. The first-order chi connectivity index (χ1) is 11.5. The largest absolute Gasteiger partial charge is 0.497 e. The first-order valence-corrected chi connectivity index (χ1v) is 7.11. The van der Waals surface area contributed by atoms with Crippen LogP contribution < -0.4 is 21.1 Å². The Bertz CT molecular complexity index is 739. The van der Waals surface area contributed by atoms with Crippen LogP contribution in [0.15, 0.2) is 48.5 Å². The number of rotatable bonds is 6. The lowest BCUT2D eigenvalue weighted by molar-refractivity contribution is -0.115. The van der Waals surface area contributed by atoms with Crippen LogP contribution in [0.5, 0.6) is 5.75 Å². The van der Waals surface area contributed by atoms with Crippen LogP contribution in [0.3, 0.4) is 0 Å². The van der Waals surface area contributed by atoms with Gasteiger partial charge in [-0.3, -0.25) is 14.4 Å². The van der Waals surface area contributed by atoms with Crippen LogP contribution in [0.2, 0.25) is 0 Å². The molecule has 0 spiro atoms. The summed E-state index contributed by atoms with van der Waals surface area (Å²) in [5.74, 6) is -0.649. The smallest absolute Gasteiger partial charge is 0.251 e. The molecule has 0 aliphatic heterocycles. The average Bonchev–Trinajstić information content (AvgIpc) is 2.60. The van der Waals surface area contributed by atoms with E-state index < -0.39 is 5.91 Å². The van der Waals surface area contributed by atoms with Crippen LogP contribution in [0.25, 0.3) is 0 Å². The van der Waals surface area contributed by atoms with Gasteiger partial charge in [0.2, 0.25) is 11.8 Å². The van der Waals surface area contributed by atoms with Gasteiger partial charge in [-0.05, 0) is 48.5 Å². The lowest BCUT2D eigenvalue weighted by atomic mass is 10.2. The molecule has 0 unspecified atom stereocenters. The van der Waals surface area contributed by atoms with Crippen LogP contribution in [0, 0.1) is 0 Å². The summed E-state index contributed by atoms with van der Waals surface area (Å²) in [4.78, 5) is 34.7. The number of benzene rings is 2. The maximum absolute atomic E-state index is 11.9. The molecular formula is C17H17N3O4. The summed E-state index contributed by atoms with van der Waals surface area (Å²) in [7, 11) is 1.54. The number of anilines is 1. The maximum atomic E-state index is 11.9. The number of primary amides is 1. The number of carbonyl (C=O) groups excluding carboxylic acids is 3. The fourth-order valence-electron chi connectivity index (χ4n) is 1.93. The zero-order chi connectivity index (χ0) is 17.5. The molecule has 0 bridgehead atoms.